The molecule has 4 heteroatoms. The minimum absolute atomic E-state index is 0.237. The molecule has 1 aromatic carbocycles. The zero-order chi connectivity index (χ0) is 13.6. The predicted octanol–water partition coefficient (Wildman–Crippen LogP) is 3.64. The van der Waals surface area contributed by atoms with Gasteiger partial charge >= 0.3 is 5.97 Å². The van der Waals surface area contributed by atoms with Crippen molar-refractivity contribution in [3.63, 3.8) is 0 Å². The molecule has 3 rings (SSSR count). The van der Waals surface area contributed by atoms with Crippen LogP contribution in [-0.4, -0.2) is 15.6 Å². The number of nitrogens with zero attached hydrogens (tertiary/aromatic N) is 1. The summed E-state index contributed by atoms with van der Waals surface area (Å²) in [4.78, 5) is 11.2. The van der Waals surface area contributed by atoms with E-state index in [2.05, 4.69) is 0 Å². The Bertz CT molecular complexity index is 656. The lowest BCUT2D eigenvalue weighted by molar-refractivity contribution is 0.0685. The quantitative estimate of drug-likeness (QED) is 0.914. The van der Waals surface area contributed by atoms with Gasteiger partial charge in [0.2, 0.25) is 0 Å². The highest BCUT2D eigenvalue weighted by Crippen LogP contribution is 2.40. The van der Waals surface area contributed by atoms with Crippen molar-refractivity contribution in [1.29, 1.82) is 0 Å². The van der Waals surface area contributed by atoms with Crippen LogP contribution in [-0.2, 0) is 0 Å². The Kier molecular flexibility index (Phi) is 2.66. The molecule has 1 aliphatic rings. The maximum absolute atomic E-state index is 13.7. The van der Waals surface area contributed by atoms with Crippen LogP contribution in [0.4, 0.5) is 4.39 Å². The van der Waals surface area contributed by atoms with E-state index in [-0.39, 0.29) is 17.6 Å². The van der Waals surface area contributed by atoms with Gasteiger partial charge < -0.3 is 9.67 Å². The van der Waals surface area contributed by atoms with E-state index in [1.807, 2.05) is 10.6 Å². The Hall–Kier alpha value is -2.10. The molecule has 0 radical (unpaired) electrons. The molecule has 2 aromatic rings. The molecule has 0 unspecified atom stereocenters. The lowest BCUT2D eigenvalue weighted by atomic mass is 10.1. The molecule has 0 atom stereocenters. The van der Waals surface area contributed by atoms with E-state index in [1.54, 1.807) is 25.1 Å². The standard InChI is InChI=1S/C15H14FNO2/c1-9-2-3-10(8-12(9)16)13-6-7-14(15(18)19)17(13)11-4-5-11/h2-3,6-8,11H,4-5H2,1H3,(H,18,19). The van der Waals surface area contributed by atoms with Crippen molar-refractivity contribution in [2.24, 2.45) is 0 Å². The number of hydrogen-bond donors (Lipinski definition) is 1. The van der Waals surface area contributed by atoms with E-state index in [0.29, 0.717) is 5.56 Å². The van der Waals surface area contributed by atoms with Gasteiger partial charge in [0.1, 0.15) is 11.5 Å². The Labute approximate surface area is 110 Å². The summed E-state index contributed by atoms with van der Waals surface area (Å²) in [5, 5.41) is 9.21. The minimum atomic E-state index is -0.939. The zero-order valence-corrected chi connectivity index (χ0v) is 10.6. The highest BCUT2D eigenvalue weighted by atomic mass is 19.1. The van der Waals surface area contributed by atoms with Crippen LogP contribution in [0.2, 0.25) is 0 Å². The van der Waals surface area contributed by atoms with Crippen molar-refractivity contribution in [1.82, 2.24) is 4.57 Å². The Morgan fingerprint density at radius 2 is 2.05 bits per heavy atom. The summed E-state index contributed by atoms with van der Waals surface area (Å²) in [5.74, 6) is -1.20. The van der Waals surface area contributed by atoms with Crippen molar-refractivity contribution < 1.29 is 14.3 Å². The third-order valence-corrected chi connectivity index (χ3v) is 3.52. The van der Waals surface area contributed by atoms with Gasteiger partial charge in [-0.25, -0.2) is 9.18 Å². The number of halogens is 1. The number of benzene rings is 1. The summed E-state index contributed by atoms with van der Waals surface area (Å²) in [6.07, 6.45) is 1.96. The number of aromatic nitrogens is 1. The molecule has 0 spiro atoms. The number of carboxylic acid groups (broad SMARTS) is 1. The third kappa shape index (κ3) is 2.03. The molecule has 0 aliphatic heterocycles. The van der Waals surface area contributed by atoms with Crippen molar-refractivity contribution in [3.05, 3.63) is 47.4 Å². The van der Waals surface area contributed by atoms with Crippen LogP contribution in [0, 0.1) is 12.7 Å². The van der Waals surface area contributed by atoms with Crippen LogP contribution in [0.5, 0.6) is 0 Å². The van der Waals surface area contributed by atoms with E-state index in [4.69, 9.17) is 0 Å². The normalized spacial score (nSPS) is 14.6. The van der Waals surface area contributed by atoms with Gasteiger partial charge in [-0.1, -0.05) is 12.1 Å². The molecule has 0 saturated heterocycles. The van der Waals surface area contributed by atoms with Crippen LogP contribution >= 0.6 is 0 Å². The Balaban J connectivity index is 2.14. The lowest BCUT2D eigenvalue weighted by Gasteiger charge is -2.11. The van der Waals surface area contributed by atoms with Crippen LogP contribution in [0.15, 0.2) is 30.3 Å². The molecule has 98 valence electrons. The molecule has 1 aromatic heterocycles. The topological polar surface area (TPSA) is 42.2 Å². The number of carboxylic acids is 1. The first-order valence-corrected chi connectivity index (χ1v) is 6.29. The summed E-state index contributed by atoms with van der Waals surface area (Å²) in [5.41, 5.74) is 2.37. The SMILES string of the molecule is Cc1ccc(-c2ccc(C(=O)O)n2C2CC2)cc1F. The number of hydrogen-bond acceptors (Lipinski definition) is 1. The molecule has 0 bridgehead atoms. The molecular formula is C15H14FNO2. The molecule has 19 heavy (non-hydrogen) atoms. The second kappa shape index (κ2) is 4.23. The molecule has 1 N–H and O–H groups in total. The average molecular weight is 259 g/mol. The van der Waals surface area contributed by atoms with E-state index in [9.17, 15) is 14.3 Å². The summed E-state index contributed by atoms with van der Waals surface area (Å²) in [6.45, 7) is 1.71. The van der Waals surface area contributed by atoms with E-state index in [0.717, 1.165) is 24.1 Å². The second-order valence-electron chi connectivity index (χ2n) is 4.97. The monoisotopic (exact) mass is 259 g/mol. The first-order valence-electron chi connectivity index (χ1n) is 6.29. The van der Waals surface area contributed by atoms with Crippen LogP contribution in [0.3, 0.4) is 0 Å². The van der Waals surface area contributed by atoms with E-state index in [1.165, 1.54) is 6.07 Å². The molecule has 1 fully saturated rings. The smallest absolute Gasteiger partial charge is 0.352 e. The van der Waals surface area contributed by atoms with Gasteiger partial charge in [0.15, 0.2) is 0 Å². The molecule has 3 nitrogen and oxygen atoms in total. The van der Waals surface area contributed by atoms with Gasteiger partial charge in [-0.3, -0.25) is 0 Å². The number of rotatable bonds is 3. The van der Waals surface area contributed by atoms with Crippen LogP contribution in [0.25, 0.3) is 11.3 Å². The number of aromatic carboxylic acids is 1. The summed E-state index contributed by atoms with van der Waals surface area (Å²) in [7, 11) is 0. The fourth-order valence-electron chi connectivity index (χ4n) is 2.34. The van der Waals surface area contributed by atoms with Crippen molar-refractivity contribution in [2.45, 2.75) is 25.8 Å². The zero-order valence-electron chi connectivity index (χ0n) is 10.6. The van der Waals surface area contributed by atoms with E-state index >= 15 is 0 Å². The van der Waals surface area contributed by atoms with Gasteiger partial charge in [0.05, 0.1) is 0 Å². The highest BCUT2D eigenvalue weighted by Gasteiger charge is 2.29. The first-order chi connectivity index (χ1) is 9.08. The second-order valence-corrected chi connectivity index (χ2v) is 4.97. The summed E-state index contributed by atoms with van der Waals surface area (Å²) < 4.78 is 15.5. The fraction of sp³-hybridized carbons (Fsp3) is 0.267. The number of carbonyl (C=O) groups is 1. The van der Waals surface area contributed by atoms with Crippen molar-refractivity contribution in [2.75, 3.05) is 0 Å². The minimum Gasteiger partial charge on any atom is -0.477 e. The van der Waals surface area contributed by atoms with Gasteiger partial charge in [0, 0.05) is 17.3 Å². The summed E-state index contributed by atoms with van der Waals surface area (Å²) >= 11 is 0. The predicted molar refractivity (Wildman–Crippen MR) is 69.8 cm³/mol. The third-order valence-electron chi connectivity index (χ3n) is 3.52. The van der Waals surface area contributed by atoms with E-state index < -0.39 is 5.97 Å². The average Bonchev–Trinajstić information content (AvgIpc) is 3.11. The van der Waals surface area contributed by atoms with Gasteiger partial charge in [-0.15, -0.1) is 0 Å². The molecule has 0 amide bonds. The molecule has 1 aliphatic carbocycles. The molecular weight excluding hydrogens is 245 g/mol. The van der Waals surface area contributed by atoms with Crippen molar-refractivity contribution in [3.8, 4) is 11.3 Å². The number of aryl methyl sites for hydroxylation is 1. The molecule has 1 saturated carbocycles. The van der Waals surface area contributed by atoms with Gasteiger partial charge in [0.25, 0.3) is 0 Å². The van der Waals surface area contributed by atoms with Gasteiger partial charge in [-0.2, -0.15) is 0 Å². The fourth-order valence-corrected chi connectivity index (χ4v) is 2.34. The Morgan fingerprint density at radius 3 is 2.63 bits per heavy atom. The van der Waals surface area contributed by atoms with Crippen LogP contribution < -0.4 is 0 Å². The van der Waals surface area contributed by atoms with Crippen LogP contribution in [0.1, 0.15) is 34.9 Å². The maximum atomic E-state index is 13.7. The largest absolute Gasteiger partial charge is 0.477 e. The summed E-state index contributed by atoms with van der Waals surface area (Å²) in [6, 6.07) is 8.60. The molecule has 1 heterocycles. The van der Waals surface area contributed by atoms with Gasteiger partial charge in [-0.05, 0) is 43.5 Å². The van der Waals surface area contributed by atoms with Crippen molar-refractivity contribution >= 4 is 5.97 Å². The first kappa shape index (κ1) is 12.0. The Morgan fingerprint density at radius 1 is 1.32 bits per heavy atom. The highest BCUT2D eigenvalue weighted by molar-refractivity contribution is 5.87. The lowest BCUT2D eigenvalue weighted by Crippen LogP contribution is -2.08. The maximum Gasteiger partial charge on any atom is 0.352 e.